The number of hydrogen-bond acceptors (Lipinski definition) is 4. The quantitative estimate of drug-likeness (QED) is 0.714. The van der Waals surface area contributed by atoms with Gasteiger partial charge >= 0.3 is 0 Å². The minimum absolute atomic E-state index is 0.370. The minimum Gasteiger partial charge on any atom is -0.391 e. The average molecular weight is 188 g/mol. The molecule has 0 aromatic carbocycles. The highest BCUT2D eigenvalue weighted by atomic mass is 32.2. The highest BCUT2D eigenvalue weighted by Gasteiger charge is 2.01. The number of nitrogens with zero attached hydrogens (tertiary/aromatic N) is 2. The van der Waals surface area contributed by atoms with Crippen LogP contribution in [0.25, 0.3) is 0 Å². The molecule has 0 bridgehead atoms. The van der Waals surface area contributed by atoms with Gasteiger partial charge in [-0.1, -0.05) is 0 Å². The molecule has 0 aliphatic rings. The molecule has 0 aliphatic carbocycles. The first-order valence-electron chi connectivity index (χ1n) is 3.64. The van der Waals surface area contributed by atoms with E-state index < -0.39 is 0 Å². The second-order valence-electron chi connectivity index (χ2n) is 2.48. The van der Waals surface area contributed by atoms with Crippen molar-refractivity contribution in [3.05, 3.63) is 12.3 Å². The zero-order valence-corrected chi connectivity index (χ0v) is 7.91. The van der Waals surface area contributed by atoms with Gasteiger partial charge in [-0.25, -0.2) is 0 Å². The van der Waals surface area contributed by atoms with E-state index in [0.29, 0.717) is 6.54 Å². The van der Waals surface area contributed by atoms with E-state index in [-0.39, 0.29) is 6.10 Å². The molecule has 0 fully saturated rings. The van der Waals surface area contributed by atoms with E-state index >= 15 is 0 Å². The molecular weight excluding hydrogens is 176 g/mol. The summed E-state index contributed by atoms with van der Waals surface area (Å²) >= 11 is 1.21. The molecule has 1 aromatic rings. The Balaban J connectivity index is 2.52. The van der Waals surface area contributed by atoms with Crippen LogP contribution in [0.4, 0.5) is 0 Å². The Morgan fingerprint density at radius 3 is 3.17 bits per heavy atom. The second kappa shape index (κ2) is 4.49. The minimum atomic E-state index is -0.370. The van der Waals surface area contributed by atoms with Gasteiger partial charge in [0.05, 0.1) is 31.8 Å². The number of hydrogen-bond donors (Lipinski definition) is 1. The third kappa shape index (κ3) is 2.84. The maximum Gasteiger partial charge on any atom is 0.145 e. The zero-order valence-electron chi connectivity index (χ0n) is 7.10. The van der Waals surface area contributed by atoms with Crippen LogP contribution in [-0.2, 0) is 10.7 Å². The number of aliphatic hydroxyl groups excluding tert-OH is 1. The first-order chi connectivity index (χ1) is 5.72. The van der Waals surface area contributed by atoms with Crippen molar-refractivity contribution >= 4 is 12.0 Å². The van der Waals surface area contributed by atoms with Crippen molar-refractivity contribution in [2.45, 2.75) is 24.6 Å². The van der Waals surface area contributed by atoms with Crippen molar-refractivity contribution in [2.75, 3.05) is 7.11 Å². The Hall–Kier alpha value is -0.520. The van der Waals surface area contributed by atoms with Gasteiger partial charge in [0.15, 0.2) is 0 Å². The fourth-order valence-electron chi connectivity index (χ4n) is 0.845. The highest BCUT2D eigenvalue weighted by molar-refractivity contribution is 7.94. The molecule has 5 heteroatoms. The lowest BCUT2D eigenvalue weighted by molar-refractivity contribution is 0.168. The van der Waals surface area contributed by atoms with Gasteiger partial charge in [-0.3, -0.25) is 4.68 Å². The molecule has 1 atom stereocenters. The zero-order chi connectivity index (χ0) is 8.97. The molecule has 1 rings (SSSR count). The molecule has 0 saturated heterocycles. The van der Waals surface area contributed by atoms with Gasteiger partial charge < -0.3 is 9.29 Å². The van der Waals surface area contributed by atoms with E-state index in [2.05, 4.69) is 5.10 Å². The van der Waals surface area contributed by atoms with Crippen molar-refractivity contribution in [2.24, 2.45) is 0 Å². The van der Waals surface area contributed by atoms with Crippen LogP contribution in [0.1, 0.15) is 6.92 Å². The molecule has 12 heavy (non-hydrogen) atoms. The lowest BCUT2D eigenvalue weighted by atomic mass is 10.4. The average Bonchev–Trinajstić information content (AvgIpc) is 2.36. The summed E-state index contributed by atoms with van der Waals surface area (Å²) in [6.45, 7) is 2.25. The van der Waals surface area contributed by atoms with Gasteiger partial charge in [0.1, 0.15) is 5.03 Å². The van der Waals surface area contributed by atoms with Gasteiger partial charge in [0, 0.05) is 6.20 Å². The standard InChI is InChI=1S/C7H12N2O2S/c1-6(10)5-9-4-3-7(8-9)12-11-2/h3-4,6,10H,5H2,1-2H3. The first-order valence-corrected chi connectivity index (χ1v) is 4.38. The summed E-state index contributed by atoms with van der Waals surface area (Å²) in [6, 6.07) is 1.84. The van der Waals surface area contributed by atoms with Gasteiger partial charge in [-0.05, 0) is 13.0 Å². The normalized spacial score (nSPS) is 13.2. The molecule has 68 valence electrons. The second-order valence-corrected chi connectivity index (χ2v) is 3.39. The van der Waals surface area contributed by atoms with Gasteiger partial charge in [-0.15, -0.1) is 0 Å². The van der Waals surface area contributed by atoms with E-state index in [4.69, 9.17) is 9.29 Å². The van der Waals surface area contributed by atoms with Crippen LogP contribution >= 0.6 is 12.0 Å². The largest absolute Gasteiger partial charge is 0.391 e. The fourth-order valence-corrected chi connectivity index (χ4v) is 1.27. The smallest absolute Gasteiger partial charge is 0.145 e. The lowest BCUT2D eigenvalue weighted by Gasteiger charge is -2.02. The molecule has 1 heterocycles. The van der Waals surface area contributed by atoms with Gasteiger partial charge in [0.25, 0.3) is 0 Å². The molecule has 0 spiro atoms. The lowest BCUT2D eigenvalue weighted by Crippen LogP contribution is -2.11. The van der Waals surface area contributed by atoms with E-state index in [0.717, 1.165) is 5.03 Å². The Bertz CT molecular complexity index is 237. The van der Waals surface area contributed by atoms with Crippen LogP contribution in [0, 0.1) is 0 Å². The predicted molar refractivity (Wildman–Crippen MR) is 46.8 cm³/mol. The molecule has 1 unspecified atom stereocenters. The molecule has 0 amide bonds. The van der Waals surface area contributed by atoms with Crippen molar-refractivity contribution in [3.63, 3.8) is 0 Å². The van der Waals surface area contributed by atoms with Crippen LogP contribution in [0.3, 0.4) is 0 Å². The third-order valence-corrected chi connectivity index (χ3v) is 1.79. The van der Waals surface area contributed by atoms with Crippen molar-refractivity contribution in [3.8, 4) is 0 Å². The molecule has 1 aromatic heterocycles. The summed E-state index contributed by atoms with van der Waals surface area (Å²) in [5.74, 6) is 0. The maximum absolute atomic E-state index is 9.05. The van der Waals surface area contributed by atoms with Crippen LogP contribution in [-0.4, -0.2) is 28.1 Å². The fraction of sp³-hybridized carbons (Fsp3) is 0.571. The number of aromatic nitrogens is 2. The maximum atomic E-state index is 9.05. The Kier molecular flexibility index (Phi) is 3.58. The number of rotatable bonds is 4. The topological polar surface area (TPSA) is 47.3 Å². The van der Waals surface area contributed by atoms with E-state index in [9.17, 15) is 0 Å². The molecule has 0 aliphatic heterocycles. The molecular formula is C7H12N2O2S. The Labute approximate surface area is 75.7 Å². The summed E-state index contributed by atoms with van der Waals surface area (Å²) < 4.78 is 6.51. The van der Waals surface area contributed by atoms with Crippen LogP contribution in [0.15, 0.2) is 17.3 Å². The monoisotopic (exact) mass is 188 g/mol. The third-order valence-electron chi connectivity index (χ3n) is 1.24. The van der Waals surface area contributed by atoms with E-state index in [1.54, 1.807) is 18.7 Å². The SMILES string of the molecule is COSc1ccn(CC(C)O)n1. The summed E-state index contributed by atoms with van der Waals surface area (Å²) in [6.07, 6.45) is 1.44. The predicted octanol–water partition coefficient (Wildman–Crippen LogP) is 0.917. The van der Waals surface area contributed by atoms with Crippen molar-refractivity contribution < 1.29 is 9.29 Å². The van der Waals surface area contributed by atoms with Crippen molar-refractivity contribution in [1.29, 1.82) is 0 Å². The summed E-state index contributed by atoms with van der Waals surface area (Å²) in [7, 11) is 1.60. The van der Waals surface area contributed by atoms with Crippen molar-refractivity contribution in [1.82, 2.24) is 9.78 Å². The van der Waals surface area contributed by atoms with E-state index in [1.807, 2.05) is 12.3 Å². The molecule has 0 radical (unpaired) electrons. The van der Waals surface area contributed by atoms with Gasteiger partial charge in [-0.2, -0.15) is 5.10 Å². The van der Waals surface area contributed by atoms with E-state index in [1.165, 1.54) is 12.0 Å². The summed E-state index contributed by atoms with van der Waals surface area (Å²) in [5, 5.41) is 14.0. The van der Waals surface area contributed by atoms with Crippen LogP contribution in [0.5, 0.6) is 0 Å². The number of aliphatic hydroxyl groups is 1. The van der Waals surface area contributed by atoms with Gasteiger partial charge in [0.2, 0.25) is 0 Å². The Morgan fingerprint density at radius 2 is 2.58 bits per heavy atom. The molecule has 4 nitrogen and oxygen atoms in total. The summed E-state index contributed by atoms with van der Waals surface area (Å²) in [4.78, 5) is 0. The van der Waals surface area contributed by atoms with Crippen LogP contribution in [0.2, 0.25) is 0 Å². The summed E-state index contributed by atoms with van der Waals surface area (Å²) in [5.41, 5.74) is 0. The highest BCUT2D eigenvalue weighted by Crippen LogP contribution is 2.14. The first kappa shape index (κ1) is 9.57. The molecule has 1 N–H and O–H groups in total. The molecule has 0 saturated carbocycles. The Morgan fingerprint density at radius 1 is 1.83 bits per heavy atom. The van der Waals surface area contributed by atoms with Crippen LogP contribution < -0.4 is 0 Å².